The van der Waals surface area contributed by atoms with Gasteiger partial charge in [0.2, 0.25) is 0 Å². The standard InChI is InChI=1S/C31H60O2/c1-3-4-5-6-7-8-9-10-11-12-13-14-15-16-17-18-19-20-21-22-23-24-25-26-27-28-29-30(2)31(32)33/h2-29H2,1H3,(H,32,33)/p-1. The van der Waals surface area contributed by atoms with Crippen molar-refractivity contribution < 1.29 is 9.90 Å². The van der Waals surface area contributed by atoms with Crippen molar-refractivity contribution in [3.05, 3.63) is 12.2 Å². The minimum atomic E-state index is -1.09. The largest absolute Gasteiger partial charge is 0.545 e. The molecule has 0 atom stereocenters. The maximum absolute atomic E-state index is 10.6. The Bertz CT molecular complexity index is 415. The van der Waals surface area contributed by atoms with E-state index in [9.17, 15) is 9.90 Å². The number of carbonyl (C=O) groups is 1. The van der Waals surface area contributed by atoms with Crippen LogP contribution in [0.1, 0.15) is 180 Å². The highest BCUT2D eigenvalue weighted by atomic mass is 16.4. The Kier molecular flexibility index (Phi) is 26.8. The first-order chi connectivity index (χ1) is 16.2. The molecule has 0 amide bonds. The van der Waals surface area contributed by atoms with Crippen LogP contribution in [0, 0.1) is 0 Å². The van der Waals surface area contributed by atoms with Gasteiger partial charge in [0.05, 0.1) is 5.97 Å². The van der Waals surface area contributed by atoms with E-state index in [0.29, 0.717) is 6.42 Å². The molecule has 0 aromatic rings. The van der Waals surface area contributed by atoms with Crippen molar-refractivity contribution in [1.82, 2.24) is 0 Å². The summed E-state index contributed by atoms with van der Waals surface area (Å²) in [7, 11) is 0. The molecule has 2 nitrogen and oxygen atoms in total. The molecule has 0 heterocycles. The number of aliphatic carboxylic acids is 1. The Morgan fingerprint density at radius 3 is 0.879 bits per heavy atom. The maximum Gasteiger partial charge on any atom is 0.0668 e. The van der Waals surface area contributed by atoms with Crippen molar-refractivity contribution in [1.29, 1.82) is 0 Å². The van der Waals surface area contributed by atoms with E-state index in [2.05, 4.69) is 13.5 Å². The molecule has 0 N–H and O–H groups in total. The molecule has 0 bridgehead atoms. The SMILES string of the molecule is C=C(CCCCCCCCCCCCCCCCCCCCCCCCCCCC)C(=O)[O-]. The van der Waals surface area contributed by atoms with Gasteiger partial charge in [-0.25, -0.2) is 0 Å². The summed E-state index contributed by atoms with van der Waals surface area (Å²) < 4.78 is 0. The second kappa shape index (κ2) is 27.5. The van der Waals surface area contributed by atoms with E-state index in [1.165, 1.54) is 154 Å². The lowest BCUT2D eigenvalue weighted by molar-refractivity contribution is -0.299. The predicted molar refractivity (Wildman–Crippen MR) is 144 cm³/mol. The molecule has 2 heteroatoms. The summed E-state index contributed by atoms with van der Waals surface area (Å²) >= 11 is 0. The minimum Gasteiger partial charge on any atom is -0.545 e. The second-order valence-corrected chi connectivity index (χ2v) is 10.5. The molecule has 0 aliphatic heterocycles. The van der Waals surface area contributed by atoms with Gasteiger partial charge in [0, 0.05) is 0 Å². The molecule has 196 valence electrons. The van der Waals surface area contributed by atoms with E-state index in [4.69, 9.17) is 0 Å². The fourth-order valence-electron chi connectivity index (χ4n) is 4.76. The Morgan fingerprint density at radius 2 is 0.667 bits per heavy atom. The topological polar surface area (TPSA) is 40.1 Å². The predicted octanol–water partition coefficient (Wildman–Crippen LogP) is 9.85. The highest BCUT2D eigenvalue weighted by Gasteiger charge is 1.97. The number of hydrogen-bond acceptors (Lipinski definition) is 2. The van der Waals surface area contributed by atoms with Crippen LogP contribution >= 0.6 is 0 Å². The summed E-state index contributed by atoms with van der Waals surface area (Å²) in [6, 6.07) is 0. The number of carbonyl (C=O) groups excluding carboxylic acids is 1. The van der Waals surface area contributed by atoms with Crippen molar-refractivity contribution >= 4 is 5.97 Å². The van der Waals surface area contributed by atoms with Crippen LogP contribution in [0.15, 0.2) is 12.2 Å². The van der Waals surface area contributed by atoms with Crippen LogP contribution in [-0.2, 0) is 4.79 Å². The van der Waals surface area contributed by atoms with Gasteiger partial charge in [-0.3, -0.25) is 0 Å². The summed E-state index contributed by atoms with van der Waals surface area (Å²) in [5, 5.41) is 10.6. The molecule has 0 saturated carbocycles. The van der Waals surface area contributed by atoms with Crippen LogP contribution in [0.4, 0.5) is 0 Å². The fraction of sp³-hybridized carbons (Fsp3) is 0.903. The number of carboxylic acid groups (broad SMARTS) is 1. The van der Waals surface area contributed by atoms with Gasteiger partial charge in [-0.1, -0.05) is 174 Å². The first kappa shape index (κ1) is 32.2. The zero-order chi connectivity index (χ0) is 24.2. The highest BCUT2D eigenvalue weighted by molar-refractivity contribution is 5.83. The Labute approximate surface area is 208 Å². The van der Waals surface area contributed by atoms with Gasteiger partial charge >= 0.3 is 0 Å². The Balaban J connectivity index is 3.05. The molecule has 0 aromatic heterocycles. The molecule has 0 radical (unpaired) electrons. The van der Waals surface area contributed by atoms with Crippen molar-refractivity contribution in [2.24, 2.45) is 0 Å². The normalized spacial score (nSPS) is 11.2. The molecule has 0 unspecified atom stereocenters. The van der Waals surface area contributed by atoms with Crippen molar-refractivity contribution in [2.75, 3.05) is 0 Å². The van der Waals surface area contributed by atoms with Gasteiger partial charge in [-0.15, -0.1) is 0 Å². The lowest BCUT2D eigenvalue weighted by atomic mass is 10.0. The van der Waals surface area contributed by atoms with Crippen molar-refractivity contribution in [3.63, 3.8) is 0 Å². The second-order valence-electron chi connectivity index (χ2n) is 10.5. The van der Waals surface area contributed by atoms with Crippen molar-refractivity contribution in [2.45, 2.75) is 180 Å². The summed E-state index contributed by atoms with van der Waals surface area (Å²) in [5.74, 6) is -1.09. The average Bonchev–Trinajstić information content (AvgIpc) is 2.81. The summed E-state index contributed by atoms with van der Waals surface area (Å²) in [4.78, 5) is 10.6. The Morgan fingerprint density at radius 1 is 0.455 bits per heavy atom. The molecule has 0 aliphatic carbocycles. The van der Waals surface area contributed by atoms with E-state index >= 15 is 0 Å². The molecular weight excluding hydrogens is 404 g/mol. The third-order valence-electron chi connectivity index (χ3n) is 7.12. The smallest absolute Gasteiger partial charge is 0.0668 e. The third-order valence-corrected chi connectivity index (χ3v) is 7.12. The molecule has 0 aromatic carbocycles. The third kappa shape index (κ3) is 27.3. The quantitative estimate of drug-likeness (QED) is 0.0855. The molecule has 0 rings (SSSR count). The van der Waals surface area contributed by atoms with E-state index < -0.39 is 5.97 Å². The first-order valence-corrected chi connectivity index (χ1v) is 15.1. The van der Waals surface area contributed by atoms with Crippen LogP contribution in [0.2, 0.25) is 0 Å². The minimum absolute atomic E-state index is 0.249. The number of rotatable bonds is 28. The van der Waals surface area contributed by atoms with Gasteiger partial charge in [-0.2, -0.15) is 0 Å². The van der Waals surface area contributed by atoms with Gasteiger partial charge in [0.25, 0.3) is 0 Å². The Hall–Kier alpha value is -0.790. The fourth-order valence-corrected chi connectivity index (χ4v) is 4.76. The summed E-state index contributed by atoms with van der Waals surface area (Å²) in [6.45, 7) is 5.82. The average molecular weight is 464 g/mol. The van der Waals surface area contributed by atoms with Crippen LogP contribution < -0.4 is 5.11 Å². The van der Waals surface area contributed by atoms with Crippen LogP contribution in [0.3, 0.4) is 0 Å². The monoisotopic (exact) mass is 463 g/mol. The first-order valence-electron chi connectivity index (χ1n) is 15.1. The molecule has 0 spiro atoms. The molecular formula is C31H59O2-. The summed E-state index contributed by atoms with van der Waals surface area (Å²) in [5.41, 5.74) is 0.249. The van der Waals surface area contributed by atoms with Crippen molar-refractivity contribution in [3.8, 4) is 0 Å². The maximum atomic E-state index is 10.6. The van der Waals surface area contributed by atoms with Gasteiger partial charge < -0.3 is 9.90 Å². The van der Waals surface area contributed by atoms with E-state index in [-0.39, 0.29) is 5.57 Å². The zero-order valence-corrected chi connectivity index (χ0v) is 22.6. The number of unbranched alkanes of at least 4 members (excludes halogenated alkanes) is 25. The van der Waals surface area contributed by atoms with E-state index in [1.54, 1.807) is 0 Å². The molecule has 0 aliphatic rings. The van der Waals surface area contributed by atoms with E-state index in [0.717, 1.165) is 12.8 Å². The van der Waals surface area contributed by atoms with Crippen LogP contribution in [-0.4, -0.2) is 5.97 Å². The number of carboxylic acids is 1. The van der Waals surface area contributed by atoms with Gasteiger partial charge in [0.15, 0.2) is 0 Å². The highest BCUT2D eigenvalue weighted by Crippen LogP contribution is 2.16. The lowest BCUT2D eigenvalue weighted by Crippen LogP contribution is -2.23. The molecule has 33 heavy (non-hydrogen) atoms. The molecule has 0 saturated heterocycles. The number of hydrogen-bond donors (Lipinski definition) is 0. The molecule has 0 fully saturated rings. The summed E-state index contributed by atoms with van der Waals surface area (Å²) in [6.07, 6.45) is 36.7. The zero-order valence-electron chi connectivity index (χ0n) is 22.6. The lowest BCUT2D eigenvalue weighted by Gasteiger charge is -2.06. The van der Waals surface area contributed by atoms with Gasteiger partial charge in [0.1, 0.15) is 0 Å². The van der Waals surface area contributed by atoms with E-state index in [1.807, 2.05) is 0 Å². The van der Waals surface area contributed by atoms with Crippen LogP contribution in [0.5, 0.6) is 0 Å². The van der Waals surface area contributed by atoms with Gasteiger partial charge in [-0.05, 0) is 18.4 Å². The van der Waals surface area contributed by atoms with Crippen LogP contribution in [0.25, 0.3) is 0 Å².